The van der Waals surface area contributed by atoms with Crippen LogP contribution in [0.2, 0.25) is 0 Å². The van der Waals surface area contributed by atoms with Gasteiger partial charge in [0.15, 0.2) is 0 Å². The van der Waals surface area contributed by atoms with Crippen LogP contribution >= 0.6 is 0 Å². The van der Waals surface area contributed by atoms with E-state index in [0.29, 0.717) is 11.7 Å². The molecule has 5 heteroatoms. The number of benzene rings is 1. The lowest BCUT2D eigenvalue weighted by atomic mass is 9.99. The van der Waals surface area contributed by atoms with Crippen LogP contribution in [0.1, 0.15) is 25.3 Å². The van der Waals surface area contributed by atoms with Crippen LogP contribution in [0.4, 0.5) is 10.5 Å². The van der Waals surface area contributed by atoms with E-state index in [9.17, 15) is 4.79 Å². The topological polar surface area (TPSA) is 29.5 Å². The molecule has 0 saturated carbocycles. The van der Waals surface area contributed by atoms with Crippen LogP contribution in [-0.2, 0) is 0 Å². The number of nitrogens with zero attached hydrogens (tertiary/aromatic N) is 2. The summed E-state index contributed by atoms with van der Waals surface area (Å²) in [6.45, 7) is 4.29. The van der Waals surface area contributed by atoms with Gasteiger partial charge >= 0.3 is 6.09 Å². The average molecular weight is 301 g/mol. The fourth-order valence-electron chi connectivity index (χ4n) is 1.86. The number of hydrogen-bond donors (Lipinski definition) is 0. The molecule has 0 aliphatic carbocycles. The van der Waals surface area contributed by atoms with Crippen LogP contribution in [0, 0.1) is 0 Å². The standard InChI is InChI=1S/C15H25N2O2.ClH/c1-11(2)13-10-12(19-15(18)16(3)4)8-9-14(13)17(5,6)7;/h8-11H,1-7H3;1H/q+1;/p-1. The summed E-state index contributed by atoms with van der Waals surface area (Å²) < 4.78 is 6.06. The van der Waals surface area contributed by atoms with Gasteiger partial charge in [-0.25, -0.2) is 4.79 Å². The van der Waals surface area contributed by atoms with Gasteiger partial charge in [-0.3, -0.25) is 4.48 Å². The molecule has 0 N–H and O–H groups in total. The number of amides is 1. The molecular formula is C15H25ClN2O2. The molecule has 0 saturated heterocycles. The summed E-state index contributed by atoms with van der Waals surface area (Å²) in [6.07, 6.45) is -0.354. The van der Waals surface area contributed by atoms with Crippen molar-refractivity contribution in [2.75, 3.05) is 35.2 Å². The van der Waals surface area contributed by atoms with Crippen molar-refractivity contribution < 1.29 is 21.9 Å². The first kappa shape index (κ1) is 18.7. The second kappa shape index (κ2) is 6.95. The van der Waals surface area contributed by atoms with E-state index in [0.717, 1.165) is 4.48 Å². The smallest absolute Gasteiger partial charge is 0.414 e. The normalized spacial score (nSPS) is 11.0. The summed E-state index contributed by atoms with van der Waals surface area (Å²) in [4.78, 5) is 13.0. The first-order valence-electron chi connectivity index (χ1n) is 6.48. The fourth-order valence-corrected chi connectivity index (χ4v) is 1.86. The van der Waals surface area contributed by atoms with E-state index >= 15 is 0 Å². The van der Waals surface area contributed by atoms with E-state index in [4.69, 9.17) is 4.74 Å². The first-order valence-corrected chi connectivity index (χ1v) is 6.48. The Morgan fingerprint density at radius 2 is 1.75 bits per heavy atom. The summed E-state index contributed by atoms with van der Waals surface area (Å²) in [6, 6.07) is 5.85. The van der Waals surface area contributed by atoms with Crippen molar-refractivity contribution in [2.24, 2.45) is 0 Å². The Morgan fingerprint density at radius 3 is 2.15 bits per heavy atom. The van der Waals surface area contributed by atoms with Crippen molar-refractivity contribution >= 4 is 11.8 Å². The molecule has 1 rings (SSSR count). The van der Waals surface area contributed by atoms with Crippen LogP contribution < -0.4 is 21.6 Å². The van der Waals surface area contributed by atoms with Gasteiger partial charge in [-0.05, 0) is 18.1 Å². The van der Waals surface area contributed by atoms with Gasteiger partial charge in [0.2, 0.25) is 0 Å². The van der Waals surface area contributed by atoms with E-state index in [1.165, 1.54) is 16.2 Å². The second-order valence-electron chi connectivity index (χ2n) is 6.15. The number of hydrogen-bond acceptors (Lipinski definition) is 2. The molecule has 0 aliphatic rings. The molecule has 0 unspecified atom stereocenters. The number of ether oxygens (including phenoxy) is 1. The lowest BCUT2D eigenvalue weighted by molar-refractivity contribution is -0.00000954. The Labute approximate surface area is 128 Å². The monoisotopic (exact) mass is 300 g/mol. The molecule has 0 fully saturated rings. The Hall–Kier alpha value is -1.26. The Kier molecular flexibility index (Phi) is 6.51. The predicted molar refractivity (Wildman–Crippen MR) is 79.8 cm³/mol. The highest BCUT2D eigenvalue weighted by atomic mass is 35.5. The van der Waals surface area contributed by atoms with E-state index in [1.807, 2.05) is 18.2 Å². The zero-order chi connectivity index (χ0) is 14.8. The molecule has 1 aromatic rings. The zero-order valence-electron chi connectivity index (χ0n) is 13.4. The number of rotatable bonds is 3. The maximum absolute atomic E-state index is 11.6. The van der Waals surface area contributed by atoms with Gasteiger partial charge < -0.3 is 22.0 Å². The minimum atomic E-state index is -0.354. The van der Waals surface area contributed by atoms with Gasteiger partial charge in [-0.1, -0.05) is 13.8 Å². The summed E-state index contributed by atoms with van der Waals surface area (Å²) in [7, 11) is 9.74. The molecule has 0 spiro atoms. The molecule has 1 amide bonds. The Morgan fingerprint density at radius 1 is 1.20 bits per heavy atom. The third kappa shape index (κ3) is 4.69. The fraction of sp³-hybridized carbons (Fsp3) is 0.533. The lowest BCUT2D eigenvalue weighted by Gasteiger charge is -2.27. The summed E-state index contributed by atoms with van der Waals surface area (Å²) in [5.41, 5.74) is 2.44. The number of carbonyl (C=O) groups is 1. The van der Waals surface area contributed by atoms with E-state index in [1.54, 1.807) is 14.1 Å². The van der Waals surface area contributed by atoms with Crippen LogP contribution in [0.5, 0.6) is 5.75 Å². The molecule has 4 nitrogen and oxygen atoms in total. The highest BCUT2D eigenvalue weighted by molar-refractivity contribution is 5.70. The van der Waals surface area contributed by atoms with E-state index in [-0.39, 0.29) is 18.5 Å². The zero-order valence-corrected chi connectivity index (χ0v) is 14.2. The summed E-state index contributed by atoms with van der Waals surface area (Å²) >= 11 is 0. The Bertz CT molecular complexity index is 465. The van der Waals surface area contributed by atoms with Crippen molar-refractivity contribution in [1.29, 1.82) is 0 Å². The lowest BCUT2D eigenvalue weighted by Crippen LogP contribution is -3.00. The van der Waals surface area contributed by atoms with Crippen LogP contribution in [-0.4, -0.2) is 46.2 Å². The summed E-state index contributed by atoms with van der Waals surface area (Å²) in [5, 5.41) is 0. The third-order valence-corrected chi connectivity index (χ3v) is 2.91. The molecular weight excluding hydrogens is 276 g/mol. The second-order valence-corrected chi connectivity index (χ2v) is 6.15. The minimum absolute atomic E-state index is 0. The van der Waals surface area contributed by atoms with Crippen LogP contribution in [0.25, 0.3) is 0 Å². The third-order valence-electron chi connectivity index (χ3n) is 2.91. The molecule has 20 heavy (non-hydrogen) atoms. The molecule has 0 radical (unpaired) electrons. The number of quaternary nitrogens is 1. The predicted octanol–water partition coefficient (Wildman–Crippen LogP) is 0.0711. The van der Waals surface area contributed by atoms with Crippen molar-refractivity contribution in [2.45, 2.75) is 19.8 Å². The van der Waals surface area contributed by atoms with Crippen LogP contribution in [0.15, 0.2) is 18.2 Å². The van der Waals surface area contributed by atoms with Crippen molar-refractivity contribution in [3.63, 3.8) is 0 Å². The highest BCUT2D eigenvalue weighted by Crippen LogP contribution is 2.32. The van der Waals surface area contributed by atoms with Gasteiger partial charge in [-0.15, -0.1) is 0 Å². The first-order chi connectivity index (χ1) is 8.62. The largest absolute Gasteiger partial charge is 1.00 e. The van der Waals surface area contributed by atoms with Crippen molar-refractivity contribution in [1.82, 2.24) is 9.38 Å². The van der Waals surface area contributed by atoms with Gasteiger partial charge in [0.05, 0.1) is 21.1 Å². The molecule has 0 heterocycles. The maximum Gasteiger partial charge on any atom is 0.414 e. The Balaban J connectivity index is 0.00000361. The maximum atomic E-state index is 11.6. The SMILES string of the molecule is CC(C)c1cc(OC(=O)N(C)C)ccc1[N+](C)(C)C.[Cl-]. The van der Waals surface area contributed by atoms with E-state index < -0.39 is 0 Å². The molecule has 0 bridgehead atoms. The van der Waals surface area contributed by atoms with Crippen molar-refractivity contribution in [3.8, 4) is 5.75 Å². The number of carbonyl (C=O) groups excluding carboxylic acids is 1. The van der Waals surface area contributed by atoms with Gasteiger partial charge in [-0.2, -0.15) is 0 Å². The van der Waals surface area contributed by atoms with Gasteiger partial charge in [0, 0.05) is 25.7 Å². The molecule has 0 aromatic heterocycles. The van der Waals surface area contributed by atoms with Gasteiger partial charge in [0.1, 0.15) is 11.4 Å². The van der Waals surface area contributed by atoms with E-state index in [2.05, 4.69) is 35.0 Å². The number of halogens is 1. The molecule has 0 atom stereocenters. The molecule has 114 valence electrons. The quantitative estimate of drug-likeness (QED) is 0.740. The average Bonchev–Trinajstić information content (AvgIpc) is 2.27. The highest BCUT2D eigenvalue weighted by Gasteiger charge is 2.21. The minimum Gasteiger partial charge on any atom is -1.00 e. The summed E-state index contributed by atoms with van der Waals surface area (Å²) in [5.74, 6) is 0.977. The molecule has 1 aromatic carbocycles. The van der Waals surface area contributed by atoms with Crippen LogP contribution in [0.3, 0.4) is 0 Å². The molecule has 0 aliphatic heterocycles. The van der Waals surface area contributed by atoms with Gasteiger partial charge in [0.25, 0.3) is 0 Å². The van der Waals surface area contributed by atoms with Crippen molar-refractivity contribution in [3.05, 3.63) is 23.8 Å².